The van der Waals surface area contributed by atoms with Crippen LogP contribution < -0.4 is 0 Å². The van der Waals surface area contributed by atoms with E-state index in [-0.39, 0.29) is 5.75 Å². The number of thioether (sulfide) groups is 1. The number of hydrogen-bond acceptors (Lipinski definition) is 5. The third-order valence-electron chi connectivity index (χ3n) is 2.77. The average molecular weight is 318 g/mol. The minimum Gasteiger partial charge on any atom is -0.250 e. The van der Waals surface area contributed by atoms with Gasteiger partial charge >= 0.3 is 0 Å². The van der Waals surface area contributed by atoms with Crippen molar-refractivity contribution in [2.75, 3.05) is 11.5 Å². The molecular weight excluding hydrogens is 304 g/mol. The van der Waals surface area contributed by atoms with Gasteiger partial charge in [-0.25, -0.2) is 13.4 Å². The molecule has 6 heteroatoms. The summed E-state index contributed by atoms with van der Waals surface area (Å²) < 4.78 is 24.2. The van der Waals surface area contributed by atoms with E-state index < -0.39 is 9.84 Å². The third kappa shape index (κ3) is 4.59. The molecule has 2 aromatic rings. The number of hydrogen-bond donors (Lipinski definition) is 0. The average Bonchev–Trinajstić information content (AvgIpc) is 2.53. The number of aromatic nitrogens is 1. The van der Waals surface area contributed by atoms with E-state index in [0.29, 0.717) is 22.6 Å². The molecule has 1 aromatic carbocycles. The van der Waals surface area contributed by atoms with Crippen molar-refractivity contribution in [3.63, 3.8) is 0 Å². The molecule has 0 aliphatic carbocycles. The Labute approximate surface area is 128 Å². The van der Waals surface area contributed by atoms with E-state index in [4.69, 9.17) is 5.26 Å². The molecule has 2 rings (SSSR count). The maximum Gasteiger partial charge on any atom is 0.178 e. The molecule has 0 unspecified atom stereocenters. The Balaban J connectivity index is 1.86. The maximum absolute atomic E-state index is 12.1. The predicted octanol–water partition coefficient (Wildman–Crippen LogP) is 2.91. The highest BCUT2D eigenvalue weighted by atomic mass is 32.2. The minimum absolute atomic E-state index is 0.113. The molecule has 1 heterocycles. The van der Waals surface area contributed by atoms with E-state index in [1.165, 1.54) is 11.8 Å². The van der Waals surface area contributed by atoms with Crippen LogP contribution in [0.1, 0.15) is 12.0 Å². The quantitative estimate of drug-likeness (QED) is 0.605. The standard InChI is InChI=1S/C15H14N2O2S2/c16-12-13-7-8-17-15(11-13)20-9-4-10-21(18,19)14-5-2-1-3-6-14/h1-3,5-8,11H,4,9-10H2. The van der Waals surface area contributed by atoms with Crippen LogP contribution in [-0.4, -0.2) is 24.9 Å². The van der Waals surface area contributed by atoms with E-state index in [2.05, 4.69) is 11.1 Å². The zero-order valence-electron chi connectivity index (χ0n) is 11.3. The van der Waals surface area contributed by atoms with Crippen molar-refractivity contribution in [1.29, 1.82) is 5.26 Å². The van der Waals surface area contributed by atoms with Crippen LogP contribution in [0.25, 0.3) is 0 Å². The molecule has 0 aliphatic heterocycles. The zero-order valence-corrected chi connectivity index (χ0v) is 12.9. The second-order valence-electron chi connectivity index (χ2n) is 4.33. The first-order valence-electron chi connectivity index (χ1n) is 6.38. The first kappa shape index (κ1) is 15.5. The van der Waals surface area contributed by atoms with Crippen LogP contribution in [0.2, 0.25) is 0 Å². The van der Waals surface area contributed by atoms with Crippen molar-refractivity contribution in [2.24, 2.45) is 0 Å². The second-order valence-corrected chi connectivity index (χ2v) is 7.55. The number of nitrogens with zero attached hydrogens (tertiary/aromatic N) is 2. The summed E-state index contributed by atoms with van der Waals surface area (Å²) in [7, 11) is -3.21. The molecule has 4 nitrogen and oxygen atoms in total. The predicted molar refractivity (Wildman–Crippen MR) is 82.8 cm³/mol. The minimum atomic E-state index is -3.21. The van der Waals surface area contributed by atoms with Gasteiger partial charge in [-0.3, -0.25) is 0 Å². The summed E-state index contributed by atoms with van der Waals surface area (Å²) in [5.74, 6) is 0.760. The van der Waals surface area contributed by atoms with Gasteiger partial charge in [-0.15, -0.1) is 11.8 Å². The van der Waals surface area contributed by atoms with E-state index in [1.807, 2.05) is 0 Å². The Kier molecular flexibility index (Phi) is 5.37. The first-order chi connectivity index (χ1) is 10.1. The van der Waals surface area contributed by atoms with Gasteiger partial charge in [0.2, 0.25) is 0 Å². The zero-order chi connectivity index (χ0) is 15.1. The largest absolute Gasteiger partial charge is 0.250 e. The normalized spacial score (nSPS) is 11.0. The van der Waals surface area contributed by atoms with Crippen molar-refractivity contribution in [2.45, 2.75) is 16.3 Å². The SMILES string of the molecule is N#Cc1ccnc(SCCCS(=O)(=O)c2ccccc2)c1. The lowest BCUT2D eigenvalue weighted by molar-refractivity contribution is 0.595. The van der Waals surface area contributed by atoms with Crippen molar-refractivity contribution in [3.8, 4) is 6.07 Å². The summed E-state index contributed by atoms with van der Waals surface area (Å²) in [5, 5.41) is 9.54. The van der Waals surface area contributed by atoms with Gasteiger partial charge in [-0.2, -0.15) is 5.26 Å². The van der Waals surface area contributed by atoms with Crippen molar-refractivity contribution in [1.82, 2.24) is 4.98 Å². The molecule has 0 spiro atoms. The van der Waals surface area contributed by atoms with Crippen LogP contribution in [-0.2, 0) is 9.84 Å². The molecule has 0 fully saturated rings. The Morgan fingerprint density at radius 2 is 1.95 bits per heavy atom. The van der Waals surface area contributed by atoms with Gasteiger partial charge in [0.1, 0.15) is 0 Å². The van der Waals surface area contributed by atoms with Gasteiger partial charge in [-0.1, -0.05) is 18.2 Å². The lowest BCUT2D eigenvalue weighted by Gasteiger charge is -2.04. The first-order valence-corrected chi connectivity index (χ1v) is 9.02. The molecular formula is C15H14N2O2S2. The lowest BCUT2D eigenvalue weighted by Crippen LogP contribution is -2.07. The molecule has 0 radical (unpaired) electrons. The summed E-state index contributed by atoms with van der Waals surface area (Å²) in [4.78, 5) is 4.50. The molecule has 0 amide bonds. The summed E-state index contributed by atoms with van der Waals surface area (Å²) in [5.41, 5.74) is 0.560. The van der Waals surface area contributed by atoms with Crippen LogP contribution in [0.4, 0.5) is 0 Å². The lowest BCUT2D eigenvalue weighted by atomic mass is 10.3. The number of benzene rings is 1. The smallest absolute Gasteiger partial charge is 0.178 e. The van der Waals surface area contributed by atoms with Crippen LogP contribution in [0.15, 0.2) is 58.6 Å². The van der Waals surface area contributed by atoms with Gasteiger partial charge in [0.05, 0.1) is 27.3 Å². The Morgan fingerprint density at radius 1 is 1.19 bits per heavy atom. The molecule has 0 aliphatic rings. The van der Waals surface area contributed by atoms with E-state index in [1.54, 1.807) is 48.7 Å². The van der Waals surface area contributed by atoms with Crippen LogP contribution in [0.5, 0.6) is 0 Å². The van der Waals surface area contributed by atoms with Gasteiger partial charge < -0.3 is 0 Å². The topological polar surface area (TPSA) is 70.8 Å². The maximum atomic E-state index is 12.1. The molecule has 1 aromatic heterocycles. The summed E-state index contributed by atoms with van der Waals surface area (Å²) in [6.45, 7) is 0. The monoisotopic (exact) mass is 318 g/mol. The molecule has 0 bridgehead atoms. The Hall–Kier alpha value is -1.84. The Morgan fingerprint density at radius 3 is 2.67 bits per heavy atom. The number of pyridine rings is 1. The molecule has 0 atom stereocenters. The van der Waals surface area contributed by atoms with Crippen molar-refractivity contribution >= 4 is 21.6 Å². The van der Waals surface area contributed by atoms with Gasteiger partial charge in [-0.05, 0) is 30.7 Å². The fourth-order valence-electron chi connectivity index (χ4n) is 1.73. The highest BCUT2D eigenvalue weighted by molar-refractivity contribution is 7.99. The highest BCUT2D eigenvalue weighted by Crippen LogP contribution is 2.18. The number of sulfone groups is 1. The van der Waals surface area contributed by atoms with Crippen LogP contribution >= 0.6 is 11.8 Å². The summed E-state index contributed by atoms with van der Waals surface area (Å²) in [6, 6.07) is 13.9. The van der Waals surface area contributed by atoms with Gasteiger partial charge in [0.15, 0.2) is 9.84 Å². The van der Waals surface area contributed by atoms with Crippen LogP contribution in [0.3, 0.4) is 0 Å². The van der Waals surface area contributed by atoms with Gasteiger partial charge in [0.25, 0.3) is 0 Å². The number of nitriles is 1. The highest BCUT2D eigenvalue weighted by Gasteiger charge is 2.13. The van der Waals surface area contributed by atoms with E-state index in [9.17, 15) is 8.42 Å². The molecule has 0 saturated carbocycles. The fraction of sp³-hybridized carbons (Fsp3) is 0.200. The third-order valence-corrected chi connectivity index (χ3v) is 5.60. The molecule has 0 N–H and O–H groups in total. The van der Waals surface area contributed by atoms with E-state index >= 15 is 0 Å². The van der Waals surface area contributed by atoms with Crippen molar-refractivity contribution < 1.29 is 8.42 Å². The molecule has 21 heavy (non-hydrogen) atoms. The van der Waals surface area contributed by atoms with Crippen LogP contribution in [0, 0.1) is 11.3 Å². The molecule has 0 saturated heterocycles. The summed E-state index contributed by atoms with van der Waals surface area (Å²) in [6.07, 6.45) is 2.13. The number of rotatable bonds is 6. The fourth-order valence-corrected chi connectivity index (χ4v) is 4.09. The Bertz CT molecular complexity index is 738. The van der Waals surface area contributed by atoms with E-state index in [0.717, 1.165) is 5.03 Å². The molecule has 108 valence electrons. The van der Waals surface area contributed by atoms with Crippen molar-refractivity contribution in [3.05, 3.63) is 54.2 Å². The second kappa shape index (κ2) is 7.25. The van der Waals surface area contributed by atoms with Gasteiger partial charge in [0, 0.05) is 11.9 Å². The summed E-state index contributed by atoms with van der Waals surface area (Å²) >= 11 is 1.46.